The van der Waals surface area contributed by atoms with Crippen LogP contribution < -0.4 is 5.32 Å². The van der Waals surface area contributed by atoms with Crippen molar-refractivity contribution in [3.63, 3.8) is 0 Å². The van der Waals surface area contributed by atoms with Gasteiger partial charge in [-0.1, -0.05) is 41.4 Å². The molecule has 0 atom stereocenters. The second-order valence-electron chi connectivity index (χ2n) is 5.82. The lowest BCUT2D eigenvalue weighted by atomic mass is 10.1. The molecule has 0 aromatic heterocycles. The van der Waals surface area contributed by atoms with Crippen molar-refractivity contribution >= 4 is 40.7 Å². The lowest BCUT2D eigenvalue weighted by molar-refractivity contribution is -0.116. The summed E-state index contributed by atoms with van der Waals surface area (Å²) in [6, 6.07) is 12.4. The molecule has 138 valence electrons. The Morgan fingerprint density at radius 2 is 1.73 bits per heavy atom. The highest BCUT2D eigenvalue weighted by Gasteiger charge is 2.13. The molecular formula is C20H22Cl2N2O2. The SMILES string of the molecule is CCN(CC)C(=O)c1cccc(NC(=O)CCc2cccc(Cl)c2Cl)c1. The average molecular weight is 393 g/mol. The van der Waals surface area contributed by atoms with Gasteiger partial charge in [-0.3, -0.25) is 9.59 Å². The van der Waals surface area contributed by atoms with Gasteiger partial charge in [0, 0.05) is 30.8 Å². The summed E-state index contributed by atoms with van der Waals surface area (Å²) >= 11 is 12.1. The second-order valence-corrected chi connectivity index (χ2v) is 6.60. The van der Waals surface area contributed by atoms with E-state index < -0.39 is 0 Å². The quantitative estimate of drug-likeness (QED) is 0.716. The molecule has 0 aliphatic rings. The van der Waals surface area contributed by atoms with Gasteiger partial charge in [-0.05, 0) is 50.1 Å². The molecule has 0 aliphatic heterocycles. The lowest BCUT2D eigenvalue weighted by Gasteiger charge is -2.19. The molecule has 2 rings (SSSR count). The van der Waals surface area contributed by atoms with E-state index in [9.17, 15) is 9.59 Å². The van der Waals surface area contributed by atoms with Gasteiger partial charge in [-0.25, -0.2) is 0 Å². The van der Waals surface area contributed by atoms with E-state index in [4.69, 9.17) is 23.2 Å². The molecule has 6 heteroatoms. The summed E-state index contributed by atoms with van der Waals surface area (Å²) in [5.74, 6) is -0.190. The molecule has 0 aliphatic carbocycles. The number of carbonyl (C=O) groups excluding carboxylic acids is 2. The van der Waals surface area contributed by atoms with E-state index in [0.29, 0.717) is 40.8 Å². The Balaban J connectivity index is 2.00. The van der Waals surface area contributed by atoms with Crippen molar-refractivity contribution in [2.75, 3.05) is 18.4 Å². The van der Waals surface area contributed by atoms with Crippen LogP contribution in [-0.4, -0.2) is 29.8 Å². The van der Waals surface area contributed by atoms with Crippen LogP contribution in [0.4, 0.5) is 5.69 Å². The zero-order valence-corrected chi connectivity index (χ0v) is 16.4. The first-order valence-electron chi connectivity index (χ1n) is 8.58. The summed E-state index contributed by atoms with van der Waals surface area (Å²) in [4.78, 5) is 26.4. The number of amides is 2. The third kappa shape index (κ3) is 5.23. The van der Waals surface area contributed by atoms with Gasteiger partial charge in [-0.2, -0.15) is 0 Å². The smallest absolute Gasteiger partial charge is 0.253 e. The molecule has 2 aromatic rings. The predicted molar refractivity (Wildman–Crippen MR) is 107 cm³/mol. The number of nitrogens with zero attached hydrogens (tertiary/aromatic N) is 1. The summed E-state index contributed by atoms with van der Waals surface area (Å²) in [5, 5.41) is 3.79. The zero-order valence-electron chi connectivity index (χ0n) is 14.9. The molecule has 0 saturated carbocycles. The number of anilines is 1. The standard InChI is InChI=1S/C20H22Cl2N2O2/c1-3-24(4-2)20(26)15-8-5-9-16(13-15)23-18(25)12-11-14-7-6-10-17(21)19(14)22/h5-10,13H,3-4,11-12H2,1-2H3,(H,23,25). The minimum absolute atomic E-state index is 0.0446. The summed E-state index contributed by atoms with van der Waals surface area (Å²) in [6.07, 6.45) is 0.761. The van der Waals surface area contributed by atoms with Crippen LogP contribution in [0.15, 0.2) is 42.5 Å². The van der Waals surface area contributed by atoms with Gasteiger partial charge in [0.15, 0.2) is 0 Å². The van der Waals surface area contributed by atoms with Crippen LogP contribution >= 0.6 is 23.2 Å². The second kappa shape index (κ2) is 9.60. The van der Waals surface area contributed by atoms with E-state index in [1.165, 1.54) is 0 Å². The monoisotopic (exact) mass is 392 g/mol. The van der Waals surface area contributed by atoms with Gasteiger partial charge in [-0.15, -0.1) is 0 Å². The Morgan fingerprint density at radius 3 is 2.42 bits per heavy atom. The largest absolute Gasteiger partial charge is 0.339 e. The number of benzene rings is 2. The number of nitrogens with one attached hydrogen (secondary N) is 1. The van der Waals surface area contributed by atoms with Gasteiger partial charge in [0.1, 0.15) is 0 Å². The molecule has 2 amide bonds. The molecular weight excluding hydrogens is 371 g/mol. The van der Waals surface area contributed by atoms with Gasteiger partial charge in [0.25, 0.3) is 5.91 Å². The first-order chi connectivity index (χ1) is 12.5. The van der Waals surface area contributed by atoms with Crippen LogP contribution in [0, 0.1) is 0 Å². The highest BCUT2D eigenvalue weighted by molar-refractivity contribution is 6.42. The number of halogens is 2. The molecule has 0 unspecified atom stereocenters. The summed E-state index contributed by atoms with van der Waals surface area (Å²) in [6.45, 7) is 5.17. The number of hydrogen-bond donors (Lipinski definition) is 1. The topological polar surface area (TPSA) is 49.4 Å². The van der Waals surface area contributed by atoms with Crippen molar-refractivity contribution in [2.45, 2.75) is 26.7 Å². The van der Waals surface area contributed by atoms with Crippen LogP contribution in [0.3, 0.4) is 0 Å². The van der Waals surface area contributed by atoms with Gasteiger partial charge in [0.05, 0.1) is 10.0 Å². The summed E-state index contributed by atoms with van der Waals surface area (Å²) < 4.78 is 0. The molecule has 2 aromatic carbocycles. The van der Waals surface area contributed by atoms with Crippen LogP contribution in [0.2, 0.25) is 10.0 Å². The number of carbonyl (C=O) groups is 2. The van der Waals surface area contributed by atoms with Crippen molar-refractivity contribution in [1.82, 2.24) is 4.90 Å². The fourth-order valence-corrected chi connectivity index (χ4v) is 3.05. The molecule has 1 N–H and O–H groups in total. The predicted octanol–water partition coefficient (Wildman–Crippen LogP) is 5.05. The minimum Gasteiger partial charge on any atom is -0.339 e. The van der Waals surface area contributed by atoms with Crippen LogP contribution in [0.5, 0.6) is 0 Å². The maximum Gasteiger partial charge on any atom is 0.253 e. The van der Waals surface area contributed by atoms with E-state index in [1.807, 2.05) is 26.0 Å². The Kier molecular flexibility index (Phi) is 7.49. The maximum absolute atomic E-state index is 12.4. The average Bonchev–Trinajstić information content (AvgIpc) is 2.64. The lowest BCUT2D eigenvalue weighted by Crippen LogP contribution is -2.30. The molecule has 0 fully saturated rings. The first-order valence-corrected chi connectivity index (χ1v) is 9.33. The zero-order chi connectivity index (χ0) is 19.1. The van der Waals surface area contributed by atoms with E-state index in [-0.39, 0.29) is 18.2 Å². The van der Waals surface area contributed by atoms with Crippen molar-refractivity contribution < 1.29 is 9.59 Å². The molecule has 0 saturated heterocycles. The number of rotatable bonds is 7. The Morgan fingerprint density at radius 1 is 1.04 bits per heavy atom. The van der Waals surface area contributed by atoms with Crippen LogP contribution in [-0.2, 0) is 11.2 Å². The van der Waals surface area contributed by atoms with Crippen molar-refractivity contribution in [1.29, 1.82) is 0 Å². The van der Waals surface area contributed by atoms with Crippen LogP contribution in [0.25, 0.3) is 0 Å². The summed E-state index contributed by atoms with van der Waals surface area (Å²) in [7, 11) is 0. The third-order valence-corrected chi connectivity index (χ3v) is 4.95. The van der Waals surface area contributed by atoms with Gasteiger partial charge >= 0.3 is 0 Å². The number of aryl methyl sites for hydroxylation is 1. The van der Waals surface area contributed by atoms with E-state index in [0.717, 1.165) is 5.56 Å². The molecule has 0 bridgehead atoms. The van der Waals surface area contributed by atoms with Crippen LogP contribution in [0.1, 0.15) is 36.2 Å². The van der Waals surface area contributed by atoms with Gasteiger partial charge < -0.3 is 10.2 Å². The fraction of sp³-hybridized carbons (Fsp3) is 0.300. The Hall–Kier alpha value is -2.04. The summed E-state index contributed by atoms with van der Waals surface area (Å²) in [5.41, 5.74) is 1.99. The number of hydrogen-bond acceptors (Lipinski definition) is 2. The molecule has 0 spiro atoms. The fourth-order valence-electron chi connectivity index (χ4n) is 2.64. The highest BCUT2D eigenvalue weighted by atomic mass is 35.5. The van der Waals surface area contributed by atoms with E-state index >= 15 is 0 Å². The van der Waals surface area contributed by atoms with E-state index in [2.05, 4.69) is 5.32 Å². The minimum atomic E-state index is -0.145. The maximum atomic E-state index is 12.4. The molecule has 4 nitrogen and oxygen atoms in total. The molecule has 0 radical (unpaired) electrons. The first kappa shape index (κ1) is 20.3. The molecule has 0 heterocycles. The van der Waals surface area contributed by atoms with Crippen molar-refractivity contribution in [3.8, 4) is 0 Å². The van der Waals surface area contributed by atoms with E-state index in [1.54, 1.807) is 35.2 Å². The molecule has 26 heavy (non-hydrogen) atoms. The van der Waals surface area contributed by atoms with Gasteiger partial charge in [0.2, 0.25) is 5.91 Å². The normalized spacial score (nSPS) is 10.5. The Bertz CT molecular complexity index is 789. The van der Waals surface area contributed by atoms with Crippen molar-refractivity contribution in [2.24, 2.45) is 0 Å². The third-order valence-electron chi connectivity index (χ3n) is 4.10. The van der Waals surface area contributed by atoms with Crippen molar-refractivity contribution in [3.05, 3.63) is 63.6 Å². The highest BCUT2D eigenvalue weighted by Crippen LogP contribution is 2.26. The Labute approximate surface area is 164 Å².